The Morgan fingerprint density at radius 3 is 2.93 bits per heavy atom. The molecule has 0 spiro atoms. The molecule has 0 bridgehead atoms. The van der Waals surface area contributed by atoms with Crippen LogP contribution >= 0.6 is 0 Å². The molecule has 14 heavy (non-hydrogen) atoms. The maximum absolute atomic E-state index is 11.2. The zero-order valence-corrected chi connectivity index (χ0v) is 9.01. The van der Waals surface area contributed by atoms with Crippen molar-refractivity contribution < 1.29 is 9.53 Å². The van der Waals surface area contributed by atoms with Gasteiger partial charge in [-0.2, -0.15) is 0 Å². The summed E-state index contributed by atoms with van der Waals surface area (Å²) >= 11 is 0. The average molecular weight is 200 g/mol. The van der Waals surface area contributed by atoms with E-state index in [1.807, 2.05) is 6.92 Å². The van der Waals surface area contributed by atoms with Crippen molar-refractivity contribution in [1.82, 2.24) is 10.6 Å². The maximum Gasteiger partial charge on any atom is 0.233 e. The van der Waals surface area contributed by atoms with Crippen LogP contribution in [0.1, 0.15) is 26.2 Å². The molecule has 2 N–H and O–H groups in total. The molecule has 4 nitrogen and oxygen atoms in total. The average Bonchev–Trinajstić information content (AvgIpc) is 2.62. The second-order valence-electron chi connectivity index (χ2n) is 3.65. The molecule has 1 aliphatic rings. The monoisotopic (exact) mass is 200 g/mol. The van der Waals surface area contributed by atoms with Crippen molar-refractivity contribution in [3.05, 3.63) is 0 Å². The Hall–Kier alpha value is -0.610. The van der Waals surface area contributed by atoms with Gasteiger partial charge in [0.2, 0.25) is 5.91 Å². The summed E-state index contributed by atoms with van der Waals surface area (Å²) in [6.45, 7) is 3.02. The van der Waals surface area contributed by atoms with Gasteiger partial charge in [0.15, 0.2) is 0 Å². The summed E-state index contributed by atoms with van der Waals surface area (Å²) in [7, 11) is 1.73. The number of hydrogen-bond acceptors (Lipinski definition) is 3. The molecule has 0 aliphatic heterocycles. The summed E-state index contributed by atoms with van der Waals surface area (Å²) in [4.78, 5) is 11.2. The Labute approximate surface area is 85.4 Å². The molecule has 1 saturated carbocycles. The number of hydrogen-bond donors (Lipinski definition) is 2. The number of carbonyl (C=O) groups is 1. The molecule has 2 unspecified atom stereocenters. The van der Waals surface area contributed by atoms with Gasteiger partial charge < -0.3 is 15.4 Å². The number of carbonyl (C=O) groups excluding carboxylic acids is 1. The summed E-state index contributed by atoms with van der Waals surface area (Å²) in [6.07, 6.45) is 3.68. The standard InChI is InChI=1S/C10H20N2O2/c1-3-11-10(13)7-12-8-5-4-6-9(8)14-2/h8-9,12H,3-7H2,1-2H3,(H,11,13). The second-order valence-corrected chi connectivity index (χ2v) is 3.65. The van der Waals surface area contributed by atoms with Crippen molar-refractivity contribution in [3.8, 4) is 0 Å². The lowest BCUT2D eigenvalue weighted by Crippen LogP contribution is -2.42. The van der Waals surface area contributed by atoms with E-state index < -0.39 is 0 Å². The predicted octanol–water partition coefficient (Wildman–Crippen LogP) is 0.280. The largest absolute Gasteiger partial charge is 0.380 e. The van der Waals surface area contributed by atoms with Crippen LogP contribution in [0.2, 0.25) is 0 Å². The molecule has 0 aromatic heterocycles. The Kier molecular flexibility index (Phi) is 4.90. The highest BCUT2D eigenvalue weighted by Crippen LogP contribution is 2.20. The number of amides is 1. The first-order chi connectivity index (χ1) is 6.77. The Bertz CT molecular complexity index is 185. The minimum absolute atomic E-state index is 0.0641. The molecule has 1 fully saturated rings. The van der Waals surface area contributed by atoms with Gasteiger partial charge in [-0.25, -0.2) is 0 Å². The van der Waals surface area contributed by atoms with Gasteiger partial charge in [-0.15, -0.1) is 0 Å². The van der Waals surface area contributed by atoms with Gasteiger partial charge in [0.1, 0.15) is 0 Å². The highest BCUT2D eigenvalue weighted by atomic mass is 16.5. The summed E-state index contributed by atoms with van der Waals surface area (Å²) in [5.41, 5.74) is 0. The molecule has 0 aromatic rings. The number of likely N-dealkylation sites (N-methyl/N-ethyl adjacent to an activating group) is 1. The molecule has 0 radical (unpaired) electrons. The minimum Gasteiger partial charge on any atom is -0.380 e. The fourth-order valence-electron chi connectivity index (χ4n) is 1.93. The first-order valence-corrected chi connectivity index (χ1v) is 5.30. The highest BCUT2D eigenvalue weighted by molar-refractivity contribution is 5.77. The van der Waals surface area contributed by atoms with Gasteiger partial charge in [-0.1, -0.05) is 0 Å². The van der Waals surface area contributed by atoms with Crippen LogP contribution in [0, 0.1) is 0 Å². The molecule has 2 atom stereocenters. The van der Waals surface area contributed by atoms with E-state index in [4.69, 9.17) is 4.74 Å². The smallest absolute Gasteiger partial charge is 0.233 e. The van der Waals surface area contributed by atoms with Crippen LogP contribution in [0.15, 0.2) is 0 Å². The van der Waals surface area contributed by atoms with Crippen LogP contribution in [0.25, 0.3) is 0 Å². The Morgan fingerprint density at radius 2 is 2.29 bits per heavy atom. The molecule has 0 heterocycles. The van der Waals surface area contributed by atoms with Gasteiger partial charge in [-0.05, 0) is 26.2 Å². The first-order valence-electron chi connectivity index (χ1n) is 5.30. The summed E-state index contributed by atoms with van der Waals surface area (Å²) < 4.78 is 5.32. The second kappa shape index (κ2) is 5.98. The summed E-state index contributed by atoms with van der Waals surface area (Å²) in [6, 6.07) is 0.350. The quantitative estimate of drug-likeness (QED) is 0.670. The lowest BCUT2D eigenvalue weighted by molar-refractivity contribution is -0.120. The third kappa shape index (κ3) is 3.27. The fourth-order valence-corrected chi connectivity index (χ4v) is 1.93. The van der Waals surface area contributed by atoms with Crippen molar-refractivity contribution in [2.75, 3.05) is 20.2 Å². The van der Waals surface area contributed by atoms with Crippen LogP contribution in [0.3, 0.4) is 0 Å². The van der Waals surface area contributed by atoms with Crippen LogP contribution < -0.4 is 10.6 Å². The predicted molar refractivity (Wildman–Crippen MR) is 55.1 cm³/mol. The summed E-state index contributed by atoms with van der Waals surface area (Å²) in [5.74, 6) is 0.0641. The van der Waals surface area contributed by atoms with E-state index in [-0.39, 0.29) is 12.0 Å². The molecule has 82 valence electrons. The first kappa shape index (κ1) is 11.5. The maximum atomic E-state index is 11.2. The van der Waals surface area contributed by atoms with Gasteiger partial charge in [-0.3, -0.25) is 4.79 Å². The number of rotatable bonds is 5. The van der Waals surface area contributed by atoms with Crippen molar-refractivity contribution in [1.29, 1.82) is 0 Å². The molecule has 1 amide bonds. The zero-order valence-electron chi connectivity index (χ0n) is 9.01. The topological polar surface area (TPSA) is 50.4 Å². The van der Waals surface area contributed by atoms with E-state index in [0.717, 1.165) is 12.8 Å². The molecule has 0 aromatic carbocycles. The van der Waals surface area contributed by atoms with Crippen LogP contribution in [0.5, 0.6) is 0 Å². The van der Waals surface area contributed by atoms with Crippen LogP contribution in [-0.4, -0.2) is 38.3 Å². The van der Waals surface area contributed by atoms with E-state index in [2.05, 4.69) is 10.6 Å². The van der Waals surface area contributed by atoms with E-state index in [0.29, 0.717) is 19.1 Å². The lowest BCUT2D eigenvalue weighted by atomic mass is 10.2. The van der Waals surface area contributed by atoms with Gasteiger partial charge >= 0.3 is 0 Å². The minimum atomic E-state index is 0.0641. The van der Waals surface area contributed by atoms with Gasteiger partial charge in [0.05, 0.1) is 12.6 Å². The third-order valence-electron chi connectivity index (χ3n) is 2.65. The van der Waals surface area contributed by atoms with Crippen molar-refractivity contribution in [2.24, 2.45) is 0 Å². The van der Waals surface area contributed by atoms with E-state index in [9.17, 15) is 4.79 Å². The number of methoxy groups -OCH3 is 1. The van der Waals surface area contributed by atoms with Crippen LogP contribution in [0.4, 0.5) is 0 Å². The lowest BCUT2D eigenvalue weighted by Gasteiger charge is -2.19. The Morgan fingerprint density at radius 1 is 1.50 bits per heavy atom. The van der Waals surface area contributed by atoms with Gasteiger partial charge in [0, 0.05) is 19.7 Å². The Balaban J connectivity index is 2.20. The summed E-state index contributed by atoms with van der Waals surface area (Å²) in [5, 5.41) is 5.99. The van der Waals surface area contributed by atoms with Crippen LogP contribution in [-0.2, 0) is 9.53 Å². The van der Waals surface area contributed by atoms with Crippen molar-refractivity contribution in [2.45, 2.75) is 38.3 Å². The molecule has 1 rings (SSSR count). The third-order valence-corrected chi connectivity index (χ3v) is 2.65. The van der Waals surface area contributed by atoms with E-state index in [1.165, 1.54) is 6.42 Å². The molecule has 1 aliphatic carbocycles. The SMILES string of the molecule is CCNC(=O)CNC1CCCC1OC. The van der Waals surface area contributed by atoms with E-state index >= 15 is 0 Å². The molecule has 4 heteroatoms. The molecule has 0 saturated heterocycles. The van der Waals surface area contributed by atoms with E-state index in [1.54, 1.807) is 7.11 Å². The number of ether oxygens (including phenoxy) is 1. The molecular formula is C10H20N2O2. The van der Waals surface area contributed by atoms with Crippen molar-refractivity contribution >= 4 is 5.91 Å². The normalized spacial score (nSPS) is 26.4. The van der Waals surface area contributed by atoms with Crippen molar-refractivity contribution in [3.63, 3.8) is 0 Å². The zero-order chi connectivity index (χ0) is 10.4. The van der Waals surface area contributed by atoms with Gasteiger partial charge in [0.25, 0.3) is 0 Å². The number of nitrogens with one attached hydrogen (secondary N) is 2. The highest BCUT2D eigenvalue weighted by Gasteiger charge is 2.26. The molecular weight excluding hydrogens is 180 g/mol. The fraction of sp³-hybridized carbons (Fsp3) is 0.900.